The predicted molar refractivity (Wildman–Crippen MR) is 76.4 cm³/mol. The summed E-state index contributed by atoms with van der Waals surface area (Å²) in [6.45, 7) is 0.688. The summed E-state index contributed by atoms with van der Waals surface area (Å²) in [7, 11) is 0. The summed E-state index contributed by atoms with van der Waals surface area (Å²) < 4.78 is 0. The molecule has 1 atom stereocenters. The second-order valence-electron chi connectivity index (χ2n) is 4.28. The molecule has 0 saturated carbocycles. The predicted octanol–water partition coefficient (Wildman–Crippen LogP) is 1.81. The van der Waals surface area contributed by atoms with Gasteiger partial charge in [-0.25, -0.2) is 4.79 Å². The van der Waals surface area contributed by atoms with Crippen LogP contribution in [-0.4, -0.2) is 30.8 Å². The Hall–Kier alpha value is -1.69. The van der Waals surface area contributed by atoms with Crippen LogP contribution >= 0.6 is 11.8 Å². The standard InChI is InChI=1S/C13H17N3O2S/c1-19-11-7-3-2-5-9(11)15-13(18)16-10-6-4-8-14-12(10)17/h2-3,5,7,10H,4,6,8H2,1H3,(H,14,17)(H2,15,16,18)/t10-/m0/s1. The number of carbonyl (C=O) groups is 2. The lowest BCUT2D eigenvalue weighted by atomic mass is 10.1. The molecule has 1 saturated heterocycles. The number of amides is 3. The topological polar surface area (TPSA) is 70.2 Å². The minimum absolute atomic E-state index is 0.112. The molecular formula is C13H17N3O2S. The molecule has 3 N–H and O–H groups in total. The number of hydrogen-bond donors (Lipinski definition) is 3. The molecule has 1 aromatic carbocycles. The van der Waals surface area contributed by atoms with Gasteiger partial charge in [-0.15, -0.1) is 11.8 Å². The summed E-state index contributed by atoms with van der Waals surface area (Å²) in [6, 6.07) is 6.78. The highest BCUT2D eigenvalue weighted by Crippen LogP contribution is 2.24. The third kappa shape index (κ3) is 3.64. The van der Waals surface area contributed by atoms with Gasteiger partial charge in [0, 0.05) is 11.4 Å². The van der Waals surface area contributed by atoms with Gasteiger partial charge in [-0.3, -0.25) is 4.79 Å². The number of urea groups is 1. The number of nitrogens with one attached hydrogen (secondary N) is 3. The van der Waals surface area contributed by atoms with Crippen LogP contribution in [0, 0.1) is 0 Å². The molecule has 102 valence electrons. The van der Waals surface area contributed by atoms with E-state index in [1.54, 1.807) is 11.8 Å². The van der Waals surface area contributed by atoms with E-state index in [9.17, 15) is 9.59 Å². The summed E-state index contributed by atoms with van der Waals surface area (Å²) in [6.07, 6.45) is 3.52. The summed E-state index contributed by atoms with van der Waals surface area (Å²) in [5.41, 5.74) is 0.753. The van der Waals surface area contributed by atoms with Gasteiger partial charge in [0.25, 0.3) is 0 Å². The monoisotopic (exact) mass is 279 g/mol. The molecule has 2 rings (SSSR count). The van der Waals surface area contributed by atoms with E-state index < -0.39 is 6.04 Å². The molecule has 1 aliphatic heterocycles. The lowest BCUT2D eigenvalue weighted by Crippen LogP contribution is -2.51. The fourth-order valence-electron chi connectivity index (χ4n) is 1.97. The van der Waals surface area contributed by atoms with Crippen molar-refractivity contribution >= 4 is 29.4 Å². The van der Waals surface area contributed by atoms with Gasteiger partial charge in [-0.05, 0) is 31.2 Å². The first kappa shape index (κ1) is 13.7. The average molecular weight is 279 g/mol. The van der Waals surface area contributed by atoms with Crippen LogP contribution in [0.1, 0.15) is 12.8 Å². The Morgan fingerprint density at radius 1 is 1.42 bits per heavy atom. The zero-order valence-electron chi connectivity index (χ0n) is 10.7. The van der Waals surface area contributed by atoms with Crippen molar-refractivity contribution < 1.29 is 9.59 Å². The lowest BCUT2D eigenvalue weighted by molar-refractivity contribution is -0.124. The first-order chi connectivity index (χ1) is 9.20. The largest absolute Gasteiger partial charge is 0.354 e. The summed E-state index contributed by atoms with van der Waals surface area (Å²) >= 11 is 1.56. The van der Waals surface area contributed by atoms with Gasteiger partial charge in [-0.1, -0.05) is 12.1 Å². The fraction of sp³-hybridized carbons (Fsp3) is 0.385. The Bertz CT molecular complexity index is 479. The van der Waals surface area contributed by atoms with Crippen molar-refractivity contribution in [1.29, 1.82) is 0 Å². The molecule has 0 spiro atoms. The third-order valence-corrected chi connectivity index (χ3v) is 3.74. The van der Waals surface area contributed by atoms with Gasteiger partial charge >= 0.3 is 6.03 Å². The van der Waals surface area contributed by atoms with Gasteiger partial charge in [0.2, 0.25) is 5.91 Å². The van der Waals surface area contributed by atoms with Gasteiger partial charge < -0.3 is 16.0 Å². The third-order valence-electron chi connectivity index (χ3n) is 2.95. The zero-order chi connectivity index (χ0) is 13.7. The van der Waals surface area contributed by atoms with Crippen molar-refractivity contribution in [3.63, 3.8) is 0 Å². The van der Waals surface area contributed by atoms with Gasteiger partial charge in [0.15, 0.2) is 0 Å². The van der Waals surface area contributed by atoms with Crippen molar-refractivity contribution in [3.8, 4) is 0 Å². The highest BCUT2D eigenvalue weighted by Gasteiger charge is 2.23. The number of piperidine rings is 1. The van der Waals surface area contributed by atoms with Crippen LogP contribution in [0.2, 0.25) is 0 Å². The molecule has 1 heterocycles. The molecule has 0 aromatic heterocycles. The second-order valence-corrected chi connectivity index (χ2v) is 5.13. The van der Waals surface area contributed by atoms with Crippen molar-refractivity contribution in [1.82, 2.24) is 10.6 Å². The van der Waals surface area contributed by atoms with Crippen molar-refractivity contribution in [2.75, 3.05) is 18.1 Å². The molecular weight excluding hydrogens is 262 g/mol. The Kier molecular flexibility index (Phi) is 4.68. The summed E-state index contributed by atoms with van der Waals surface area (Å²) in [4.78, 5) is 24.4. The maximum absolute atomic E-state index is 11.9. The highest BCUT2D eigenvalue weighted by molar-refractivity contribution is 7.98. The normalized spacial score (nSPS) is 18.6. The molecule has 3 amide bonds. The molecule has 0 unspecified atom stereocenters. The molecule has 19 heavy (non-hydrogen) atoms. The van der Waals surface area contributed by atoms with E-state index in [1.165, 1.54) is 0 Å². The molecule has 1 aliphatic rings. The number of benzene rings is 1. The van der Waals surface area contributed by atoms with E-state index in [0.717, 1.165) is 17.0 Å². The quantitative estimate of drug-likeness (QED) is 0.739. The average Bonchev–Trinajstić information content (AvgIpc) is 2.42. The van der Waals surface area contributed by atoms with Crippen molar-refractivity contribution in [2.45, 2.75) is 23.8 Å². The summed E-state index contributed by atoms with van der Waals surface area (Å²) in [5.74, 6) is -0.112. The SMILES string of the molecule is CSc1ccccc1NC(=O)N[C@H]1CCCNC1=O. The van der Waals surface area contributed by atoms with Crippen LogP contribution in [0.4, 0.5) is 10.5 Å². The molecule has 0 radical (unpaired) electrons. The van der Waals surface area contributed by atoms with Gasteiger partial charge in [0.1, 0.15) is 6.04 Å². The van der Waals surface area contributed by atoms with Crippen LogP contribution in [0.15, 0.2) is 29.2 Å². The molecule has 0 bridgehead atoms. The maximum atomic E-state index is 11.9. The van der Waals surface area contributed by atoms with E-state index in [0.29, 0.717) is 13.0 Å². The highest BCUT2D eigenvalue weighted by atomic mass is 32.2. The van der Waals surface area contributed by atoms with E-state index in [4.69, 9.17) is 0 Å². The van der Waals surface area contributed by atoms with Crippen molar-refractivity contribution in [3.05, 3.63) is 24.3 Å². The smallest absolute Gasteiger partial charge is 0.319 e. The minimum Gasteiger partial charge on any atom is -0.354 e. The number of carbonyl (C=O) groups excluding carboxylic acids is 2. The fourth-order valence-corrected chi connectivity index (χ4v) is 2.53. The zero-order valence-corrected chi connectivity index (χ0v) is 11.5. The molecule has 1 aromatic rings. The van der Waals surface area contributed by atoms with Crippen LogP contribution in [0.5, 0.6) is 0 Å². The van der Waals surface area contributed by atoms with E-state index in [1.807, 2.05) is 30.5 Å². The van der Waals surface area contributed by atoms with E-state index in [2.05, 4.69) is 16.0 Å². The van der Waals surface area contributed by atoms with Crippen LogP contribution in [0.3, 0.4) is 0 Å². The van der Waals surface area contributed by atoms with Crippen LogP contribution in [0.25, 0.3) is 0 Å². The first-order valence-corrected chi connectivity index (χ1v) is 7.41. The summed E-state index contributed by atoms with van der Waals surface area (Å²) in [5, 5.41) is 8.21. The lowest BCUT2D eigenvalue weighted by Gasteiger charge is -2.23. The number of thioether (sulfide) groups is 1. The number of rotatable bonds is 3. The number of hydrogen-bond acceptors (Lipinski definition) is 3. The van der Waals surface area contributed by atoms with E-state index in [-0.39, 0.29) is 11.9 Å². The maximum Gasteiger partial charge on any atom is 0.319 e. The number of para-hydroxylation sites is 1. The van der Waals surface area contributed by atoms with E-state index >= 15 is 0 Å². The second kappa shape index (κ2) is 6.47. The van der Waals surface area contributed by atoms with Crippen LogP contribution < -0.4 is 16.0 Å². The first-order valence-electron chi connectivity index (χ1n) is 6.19. The number of anilines is 1. The Morgan fingerprint density at radius 3 is 2.95 bits per heavy atom. The molecule has 6 heteroatoms. The molecule has 1 fully saturated rings. The molecule has 0 aliphatic carbocycles. The van der Waals surface area contributed by atoms with Crippen LogP contribution in [-0.2, 0) is 4.79 Å². The van der Waals surface area contributed by atoms with Crippen molar-refractivity contribution in [2.24, 2.45) is 0 Å². The minimum atomic E-state index is -0.435. The Labute approximate surface area is 116 Å². The Morgan fingerprint density at radius 2 is 2.21 bits per heavy atom. The van der Waals surface area contributed by atoms with Gasteiger partial charge in [-0.2, -0.15) is 0 Å². The van der Waals surface area contributed by atoms with Gasteiger partial charge in [0.05, 0.1) is 5.69 Å². The Balaban J connectivity index is 1.95. The molecule has 5 nitrogen and oxygen atoms in total.